The van der Waals surface area contributed by atoms with Crippen LogP contribution in [-0.4, -0.2) is 34.8 Å². The first-order chi connectivity index (χ1) is 14.6. The normalized spacial score (nSPS) is 13.0. The zero-order valence-corrected chi connectivity index (χ0v) is 18.5. The highest BCUT2D eigenvalue weighted by molar-refractivity contribution is 8.00. The van der Waals surface area contributed by atoms with E-state index in [4.69, 9.17) is 11.6 Å². The molecule has 0 atom stereocenters. The van der Waals surface area contributed by atoms with Gasteiger partial charge >= 0.3 is 0 Å². The van der Waals surface area contributed by atoms with Gasteiger partial charge in [-0.05, 0) is 36.6 Å². The summed E-state index contributed by atoms with van der Waals surface area (Å²) in [5.74, 6) is 0.357. The van der Waals surface area contributed by atoms with E-state index in [-0.39, 0.29) is 23.3 Å². The van der Waals surface area contributed by atoms with Gasteiger partial charge in [0.05, 0.1) is 17.2 Å². The smallest absolute Gasteiger partial charge is 0.236 e. The van der Waals surface area contributed by atoms with E-state index >= 15 is 0 Å². The molecule has 2 heterocycles. The van der Waals surface area contributed by atoms with Crippen LogP contribution in [0.15, 0.2) is 53.9 Å². The minimum absolute atomic E-state index is 0.0409. The van der Waals surface area contributed by atoms with Crippen LogP contribution in [0.25, 0.3) is 11.3 Å². The molecule has 0 spiro atoms. The third kappa shape index (κ3) is 5.03. The van der Waals surface area contributed by atoms with Gasteiger partial charge in [0, 0.05) is 28.2 Å². The Morgan fingerprint density at radius 3 is 2.77 bits per heavy atom. The van der Waals surface area contributed by atoms with E-state index in [1.165, 1.54) is 28.7 Å². The van der Waals surface area contributed by atoms with Crippen LogP contribution < -0.4 is 10.2 Å². The molecule has 1 aliphatic rings. The average molecular weight is 458 g/mol. The maximum absolute atomic E-state index is 12.6. The molecule has 0 radical (unpaired) electrons. The van der Waals surface area contributed by atoms with Crippen molar-refractivity contribution < 1.29 is 9.59 Å². The van der Waals surface area contributed by atoms with Gasteiger partial charge in [0.2, 0.25) is 11.8 Å². The largest absolute Gasteiger partial charge is 0.311 e. The predicted octanol–water partition coefficient (Wildman–Crippen LogP) is 5.11. The highest BCUT2D eigenvalue weighted by Gasteiger charge is 2.22. The van der Waals surface area contributed by atoms with E-state index in [9.17, 15) is 9.59 Å². The molecule has 0 bridgehead atoms. The lowest BCUT2D eigenvalue weighted by Crippen LogP contribution is -2.36. The van der Waals surface area contributed by atoms with Crippen LogP contribution >= 0.6 is 34.7 Å². The number of carbonyl (C=O) groups excluding carboxylic acids is 2. The summed E-state index contributed by atoms with van der Waals surface area (Å²) in [6, 6.07) is 15.4. The number of thiazole rings is 1. The van der Waals surface area contributed by atoms with Crippen molar-refractivity contribution in [1.82, 2.24) is 4.98 Å². The van der Waals surface area contributed by atoms with Crippen molar-refractivity contribution in [1.29, 1.82) is 0 Å². The number of benzene rings is 2. The minimum Gasteiger partial charge on any atom is -0.311 e. The van der Waals surface area contributed by atoms with Gasteiger partial charge in [-0.25, -0.2) is 4.98 Å². The Bertz CT molecular complexity index is 1050. The number of nitrogens with zero attached hydrogens (tertiary/aromatic N) is 2. The summed E-state index contributed by atoms with van der Waals surface area (Å²) in [4.78, 5) is 31.2. The molecular formula is C22H20ClN3O2S2. The highest BCUT2D eigenvalue weighted by Crippen LogP contribution is 2.28. The fourth-order valence-electron chi connectivity index (χ4n) is 3.34. The van der Waals surface area contributed by atoms with Crippen molar-refractivity contribution in [3.63, 3.8) is 0 Å². The fourth-order valence-corrected chi connectivity index (χ4v) is 4.89. The van der Waals surface area contributed by atoms with E-state index in [2.05, 4.69) is 16.4 Å². The number of aromatic nitrogens is 1. The van der Waals surface area contributed by atoms with Gasteiger partial charge in [0.15, 0.2) is 5.13 Å². The molecule has 4 rings (SSSR count). The molecule has 3 aromatic rings. The maximum atomic E-state index is 12.6. The molecule has 2 aromatic carbocycles. The summed E-state index contributed by atoms with van der Waals surface area (Å²) in [5, 5.41) is 5.91. The lowest BCUT2D eigenvalue weighted by Gasteiger charge is -2.29. The first kappa shape index (κ1) is 20.9. The number of rotatable bonds is 6. The van der Waals surface area contributed by atoms with E-state index in [1.54, 1.807) is 0 Å². The number of amides is 2. The van der Waals surface area contributed by atoms with E-state index < -0.39 is 0 Å². The molecule has 0 aliphatic carbocycles. The first-order valence-electron chi connectivity index (χ1n) is 9.57. The summed E-state index contributed by atoms with van der Waals surface area (Å²) in [7, 11) is 0. The number of halogens is 1. The average Bonchev–Trinajstić information content (AvgIpc) is 3.22. The van der Waals surface area contributed by atoms with Crippen molar-refractivity contribution >= 4 is 57.3 Å². The molecule has 0 saturated carbocycles. The number of hydrogen-bond acceptors (Lipinski definition) is 5. The standard InChI is InChI=1S/C22H20ClN3O2S2/c23-17-9-7-15(8-10-17)18-12-30-22(24-18)25-20(27)13-29-14-21(28)26-11-3-5-16-4-1-2-6-19(16)26/h1-2,4,6-10,12H,3,5,11,13-14H2,(H,24,25,27). The lowest BCUT2D eigenvalue weighted by atomic mass is 10.0. The second-order valence-electron chi connectivity index (χ2n) is 6.86. The number of hydrogen-bond donors (Lipinski definition) is 1. The van der Waals surface area contributed by atoms with Crippen LogP contribution in [-0.2, 0) is 16.0 Å². The van der Waals surface area contributed by atoms with Crippen molar-refractivity contribution in [3.8, 4) is 11.3 Å². The molecule has 5 nitrogen and oxygen atoms in total. The monoisotopic (exact) mass is 457 g/mol. The molecular weight excluding hydrogens is 438 g/mol. The Hall–Kier alpha value is -2.35. The zero-order valence-electron chi connectivity index (χ0n) is 16.1. The third-order valence-electron chi connectivity index (χ3n) is 4.76. The second kappa shape index (κ2) is 9.64. The number of thioether (sulfide) groups is 1. The molecule has 1 aromatic heterocycles. The second-order valence-corrected chi connectivity index (χ2v) is 9.14. The molecule has 154 valence electrons. The SMILES string of the molecule is O=C(CSCC(=O)N1CCCc2ccccc21)Nc1nc(-c2ccc(Cl)cc2)cs1. The van der Waals surface area contributed by atoms with Crippen LogP contribution in [0.3, 0.4) is 0 Å². The number of nitrogens with one attached hydrogen (secondary N) is 1. The topological polar surface area (TPSA) is 62.3 Å². The number of carbonyl (C=O) groups is 2. The Kier molecular flexibility index (Phi) is 6.72. The van der Waals surface area contributed by atoms with Gasteiger partial charge in [0.1, 0.15) is 0 Å². The minimum atomic E-state index is -0.163. The van der Waals surface area contributed by atoms with Gasteiger partial charge in [-0.1, -0.05) is 41.9 Å². The summed E-state index contributed by atoms with van der Waals surface area (Å²) < 4.78 is 0. The number of aryl methyl sites for hydroxylation is 1. The van der Waals surface area contributed by atoms with Gasteiger partial charge in [-0.15, -0.1) is 23.1 Å². The third-order valence-corrected chi connectivity index (χ3v) is 6.69. The predicted molar refractivity (Wildman–Crippen MR) is 126 cm³/mol. The van der Waals surface area contributed by atoms with Crippen LogP contribution in [0, 0.1) is 0 Å². The molecule has 8 heteroatoms. The van der Waals surface area contributed by atoms with E-state index in [1.807, 2.05) is 52.7 Å². The fraction of sp³-hybridized carbons (Fsp3) is 0.227. The van der Waals surface area contributed by atoms with Crippen molar-refractivity contribution in [2.24, 2.45) is 0 Å². The first-order valence-corrected chi connectivity index (χ1v) is 12.0. The Morgan fingerprint density at radius 2 is 1.93 bits per heavy atom. The van der Waals surface area contributed by atoms with Crippen molar-refractivity contribution in [3.05, 3.63) is 64.5 Å². The van der Waals surface area contributed by atoms with E-state index in [0.717, 1.165) is 36.3 Å². The molecule has 0 fully saturated rings. The Labute approximate surface area is 188 Å². The number of anilines is 2. The van der Waals surface area contributed by atoms with Gasteiger partial charge in [-0.2, -0.15) is 0 Å². The molecule has 1 N–H and O–H groups in total. The zero-order chi connectivity index (χ0) is 20.9. The molecule has 0 unspecified atom stereocenters. The van der Waals surface area contributed by atoms with Crippen molar-refractivity contribution in [2.45, 2.75) is 12.8 Å². The molecule has 1 aliphatic heterocycles. The van der Waals surface area contributed by atoms with E-state index in [0.29, 0.717) is 10.2 Å². The van der Waals surface area contributed by atoms with Gasteiger partial charge in [0.25, 0.3) is 0 Å². The summed E-state index contributed by atoms with van der Waals surface area (Å²) in [6.45, 7) is 0.731. The molecule has 30 heavy (non-hydrogen) atoms. The van der Waals surface area contributed by atoms with Crippen LogP contribution in [0.2, 0.25) is 5.02 Å². The highest BCUT2D eigenvalue weighted by atomic mass is 35.5. The molecule has 2 amide bonds. The lowest BCUT2D eigenvalue weighted by molar-refractivity contribution is -0.116. The quantitative estimate of drug-likeness (QED) is 0.558. The number of fused-ring (bicyclic) bond motifs is 1. The maximum Gasteiger partial charge on any atom is 0.236 e. The van der Waals surface area contributed by atoms with Crippen LogP contribution in [0.5, 0.6) is 0 Å². The Balaban J connectivity index is 1.27. The summed E-state index contributed by atoms with van der Waals surface area (Å²) in [6.07, 6.45) is 1.97. The molecule has 0 saturated heterocycles. The van der Waals surface area contributed by atoms with Gasteiger partial charge in [-0.3, -0.25) is 9.59 Å². The van der Waals surface area contributed by atoms with Gasteiger partial charge < -0.3 is 10.2 Å². The summed E-state index contributed by atoms with van der Waals surface area (Å²) >= 11 is 8.61. The Morgan fingerprint density at radius 1 is 1.13 bits per heavy atom. The van der Waals surface area contributed by atoms with Crippen LogP contribution in [0.1, 0.15) is 12.0 Å². The van der Waals surface area contributed by atoms with Crippen LogP contribution in [0.4, 0.5) is 10.8 Å². The van der Waals surface area contributed by atoms with Crippen molar-refractivity contribution in [2.75, 3.05) is 28.3 Å². The number of para-hydroxylation sites is 1. The summed E-state index contributed by atoms with van der Waals surface area (Å²) in [5.41, 5.74) is 3.94.